The van der Waals surface area contributed by atoms with E-state index >= 15 is 0 Å². The summed E-state index contributed by atoms with van der Waals surface area (Å²) in [5.41, 5.74) is -1.55. The highest BCUT2D eigenvalue weighted by molar-refractivity contribution is 6.20. The van der Waals surface area contributed by atoms with Crippen LogP contribution in [-0.2, 0) is 9.53 Å². The molecule has 0 saturated carbocycles. The number of aliphatic hydroxyl groups is 1. The largest absolute Gasteiger partial charge is 0.467 e. The fraction of sp³-hybridized carbons (Fsp3) is 0.800. The average Bonchev–Trinajstić information content (AvgIpc) is 1.86. The van der Waals surface area contributed by atoms with E-state index in [4.69, 9.17) is 16.7 Å². The van der Waals surface area contributed by atoms with Crippen LogP contribution >= 0.6 is 11.6 Å². The van der Waals surface area contributed by atoms with Crippen molar-refractivity contribution in [3.8, 4) is 0 Å². The van der Waals surface area contributed by atoms with Crippen molar-refractivity contribution in [1.29, 1.82) is 0 Å². The maximum absolute atomic E-state index is 10.5. The molecule has 0 radical (unpaired) electrons. The lowest BCUT2D eigenvalue weighted by Gasteiger charge is -2.15. The third-order valence-corrected chi connectivity index (χ3v) is 1.41. The van der Waals surface area contributed by atoms with Crippen molar-refractivity contribution in [2.75, 3.05) is 13.0 Å². The van der Waals surface area contributed by atoms with Crippen LogP contribution in [0.25, 0.3) is 0 Å². The van der Waals surface area contributed by atoms with Crippen LogP contribution < -0.4 is 0 Å². The lowest BCUT2D eigenvalue weighted by atomic mass is 10.1. The standard InChI is InChI=1S/C5H9ClO3/c1-5(8,3-6)4(7)9-2/h8H,3H2,1-2H3/t5-/m1/s1. The predicted octanol–water partition coefficient (Wildman–Crippen LogP) is 0.149. The molecule has 0 rings (SSSR count). The highest BCUT2D eigenvalue weighted by Gasteiger charge is 2.29. The number of carbonyl (C=O) groups excluding carboxylic acids is 1. The lowest BCUT2D eigenvalue weighted by molar-refractivity contribution is -0.158. The van der Waals surface area contributed by atoms with Crippen molar-refractivity contribution < 1.29 is 14.6 Å². The Morgan fingerprint density at radius 1 is 1.89 bits per heavy atom. The van der Waals surface area contributed by atoms with Crippen LogP contribution in [0.5, 0.6) is 0 Å². The summed E-state index contributed by atoms with van der Waals surface area (Å²) in [4.78, 5) is 10.5. The fourth-order valence-electron chi connectivity index (χ4n) is 0.274. The Bertz CT molecular complexity index is 111. The second-order valence-corrected chi connectivity index (χ2v) is 2.17. The van der Waals surface area contributed by atoms with Gasteiger partial charge in [-0.2, -0.15) is 0 Å². The Labute approximate surface area is 58.6 Å². The van der Waals surface area contributed by atoms with Gasteiger partial charge in [-0.3, -0.25) is 0 Å². The summed E-state index contributed by atoms with van der Waals surface area (Å²) < 4.78 is 4.23. The number of carbonyl (C=O) groups is 1. The monoisotopic (exact) mass is 152 g/mol. The number of hydrogen-bond acceptors (Lipinski definition) is 3. The van der Waals surface area contributed by atoms with Crippen LogP contribution in [-0.4, -0.2) is 29.7 Å². The first-order valence-electron chi connectivity index (χ1n) is 2.41. The molecule has 0 aliphatic heterocycles. The van der Waals surface area contributed by atoms with Crippen LogP contribution in [0.1, 0.15) is 6.92 Å². The van der Waals surface area contributed by atoms with Crippen LogP contribution in [0.3, 0.4) is 0 Å². The van der Waals surface area contributed by atoms with Crippen LogP contribution in [0.4, 0.5) is 0 Å². The van der Waals surface area contributed by atoms with Gasteiger partial charge < -0.3 is 9.84 Å². The minimum atomic E-state index is -1.55. The second-order valence-electron chi connectivity index (χ2n) is 1.90. The molecule has 0 heterocycles. The van der Waals surface area contributed by atoms with E-state index in [0.29, 0.717) is 0 Å². The molecule has 0 aromatic carbocycles. The molecule has 0 aromatic rings. The first-order valence-corrected chi connectivity index (χ1v) is 2.95. The van der Waals surface area contributed by atoms with Crippen molar-refractivity contribution in [1.82, 2.24) is 0 Å². The number of rotatable bonds is 2. The summed E-state index contributed by atoms with van der Waals surface area (Å²) in [5, 5.41) is 8.99. The van der Waals surface area contributed by atoms with E-state index in [1.807, 2.05) is 0 Å². The van der Waals surface area contributed by atoms with Crippen molar-refractivity contribution >= 4 is 17.6 Å². The molecule has 54 valence electrons. The highest BCUT2D eigenvalue weighted by Crippen LogP contribution is 2.06. The molecule has 0 amide bonds. The zero-order chi connectivity index (χ0) is 7.49. The molecule has 0 aromatic heterocycles. The first-order chi connectivity index (χ1) is 4.04. The molecule has 1 atom stereocenters. The summed E-state index contributed by atoms with van der Waals surface area (Å²) in [5.74, 6) is -0.864. The Morgan fingerprint density at radius 2 is 2.33 bits per heavy atom. The molecule has 4 heteroatoms. The normalized spacial score (nSPS) is 16.4. The molecule has 0 aliphatic rings. The van der Waals surface area contributed by atoms with Crippen molar-refractivity contribution in [2.45, 2.75) is 12.5 Å². The number of esters is 1. The van der Waals surface area contributed by atoms with E-state index in [1.54, 1.807) is 0 Å². The van der Waals surface area contributed by atoms with E-state index in [9.17, 15) is 4.79 Å². The van der Waals surface area contributed by atoms with Crippen LogP contribution in [0.2, 0.25) is 0 Å². The number of ether oxygens (including phenoxy) is 1. The number of methoxy groups -OCH3 is 1. The van der Waals surface area contributed by atoms with Gasteiger partial charge in [-0.1, -0.05) is 0 Å². The first kappa shape index (κ1) is 8.72. The average molecular weight is 153 g/mol. The van der Waals surface area contributed by atoms with Gasteiger partial charge in [-0.15, -0.1) is 11.6 Å². The van der Waals surface area contributed by atoms with E-state index in [2.05, 4.69) is 4.74 Å². The molecule has 3 nitrogen and oxygen atoms in total. The molecule has 0 bridgehead atoms. The smallest absolute Gasteiger partial charge is 0.338 e. The molecule has 9 heavy (non-hydrogen) atoms. The Balaban J connectivity index is 3.97. The summed E-state index contributed by atoms with van der Waals surface area (Å²) in [7, 11) is 1.20. The molecular formula is C5H9ClO3. The molecule has 0 spiro atoms. The predicted molar refractivity (Wildman–Crippen MR) is 33.4 cm³/mol. The highest BCUT2D eigenvalue weighted by atomic mass is 35.5. The van der Waals surface area contributed by atoms with Crippen LogP contribution in [0, 0.1) is 0 Å². The van der Waals surface area contributed by atoms with Crippen molar-refractivity contribution in [3.05, 3.63) is 0 Å². The molecule has 0 fully saturated rings. The number of alkyl halides is 1. The maximum Gasteiger partial charge on any atom is 0.338 e. The van der Waals surface area contributed by atoms with Gasteiger partial charge in [-0.05, 0) is 6.92 Å². The second kappa shape index (κ2) is 3.03. The van der Waals surface area contributed by atoms with E-state index in [1.165, 1.54) is 14.0 Å². The SMILES string of the molecule is COC(=O)[C@](C)(O)CCl. The Hall–Kier alpha value is -0.280. The maximum atomic E-state index is 10.5. The third-order valence-electron chi connectivity index (χ3n) is 0.885. The van der Waals surface area contributed by atoms with Crippen molar-refractivity contribution in [2.24, 2.45) is 0 Å². The molecule has 0 saturated heterocycles. The van der Waals surface area contributed by atoms with Gasteiger partial charge in [0, 0.05) is 0 Å². The minimum Gasteiger partial charge on any atom is -0.467 e. The van der Waals surface area contributed by atoms with Gasteiger partial charge in [0.2, 0.25) is 0 Å². The Morgan fingerprint density at radius 3 is 2.44 bits per heavy atom. The Kier molecular flexibility index (Phi) is 2.94. The lowest BCUT2D eigenvalue weighted by Crippen LogP contribution is -2.37. The van der Waals surface area contributed by atoms with Gasteiger partial charge >= 0.3 is 5.97 Å². The molecule has 0 unspecified atom stereocenters. The summed E-state index contributed by atoms with van der Waals surface area (Å²) >= 11 is 5.22. The summed E-state index contributed by atoms with van der Waals surface area (Å²) in [6.45, 7) is 1.30. The summed E-state index contributed by atoms with van der Waals surface area (Å²) in [6.07, 6.45) is 0. The molecule has 0 aliphatic carbocycles. The minimum absolute atomic E-state index is 0.153. The quantitative estimate of drug-likeness (QED) is 0.453. The topological polar surface area (TPSA) is 46.5 Å². The van der Waals surface area contributed by atoms with Gasteiger partial charge in [0.1, 0.15) is 0 Å². The van der Waals surface area contributed by atoms with Crippen molar-refractivity contribution in [3.63, 3.8) is 0 Å². The van der Waals surface area contributed by atoms with Gasteiger partial charge in [0.15, 0.2) is 5.60 Å². The molecule has 1 N–H and O–H groups in total. The van der Waals surface area contributed by atoms with Gasteiger partial charge in [0.05, 0.1) is 13.0 Å². The van der Waals surface area contributed by atoms with Gasteiger partial charge in [0.25, 0.3) is 0 Å². The third kappa shape index (κ3) is 2.20. The van der Waals surface area contributed by atoms with Gasteiger partial charge in [-0.25, -0.2) is 4.79 Å². The zero-order valence-electron chi connectivity index (χ0n) is 5.35. The van der Waals surface area contributed by atoms with E-state index in [0.717, 1.165) is 0 Å². The zero-order valence-corrected chi connectivity index (χ0v) is 6.10. The fourth-order valence-corrected chi connectivity index (χ4v) is 0.384. The summed E-state index contributed by atoms with van der Waals surface area (Å²) in [6, 6.07) is 0. The number of halogens is 1. The van der Waals surface area contributed by atoms with E-state index in [-0.39, 0.29) is 5.88 Å². The molecular weight excluding hydrogens is 144 g/mol. The van der Waals surface area contributed by atoms with E-state index < -0.39 is 11.6 Å². The van der Waals surface area contributed by atoms with Crippen LogP contribution in [0.15, 0.2) is 0 Å². The number of hydrogen-bond donors (Lipinski definition) is 1.